The normalized spacial score (nSPS) is 15.6. The lowest BCUT2D eigenvalue weighted by atomic mass is 10.1. The van der Waals surface area contributed by atoms with Crippen molar-refractivity contribution in [2.45, 2.75) is 19.4 Å². The number of rotatable bonds is 5. The molecule has 2 aromatic carbocycles. The number of anilines is 1. The number of carbonyl (C=O) groups is 2. The molecule has 6 nitrogen and oxygen atoms in total. The summed E-state index contributed by atoms with van der Waals surface area (Å²) in [5, 5.41) is 5.63. The Kier molecular flexibility index (Phi) is 4.88. The van der Waals surface area contributed by atoms with Crippen molar-refractivity contribution in [1.29, 1.82) is 0 Å². The molecule has 0 fully saturated rings. The van der Waals surface area contributed by atoms with Crippen molar-refractivity contribution in [2.24, 2.45) is 0 Å². The van der Waals surface area contributed by atoms with Crippen LogP contribution in [0.25, 0.3) is 0 Å². The standard InChI is InChI=1S/C19H20N2O4/c1-12-18(22)21-16-8-4-7-15(17(16)25-12)19(23)20-10-9-13-5-3-6-14(11-13)24-2/h3-8,11-12H,9-10H2,1-2H3,(H,20,23)(H,21,22). The summed E-state index contributed by atoms with van der Waals surface area (Å²) < 4.78 is 10.8. The lowest BCUT2D eigenvalue weighted by Crippen LogP contribution is -2.36. The predicted molar refractivity (Wildman–Crippen MR) is 94.2 cm³/mol. The molecule has 0 bridgehead atoms. The monoisotopic (exact) mass is 340 g/mol. The number of para-hydroxylation sites is 1. The van der Waals surface area contributed by atoms with Gasteiger partial charge in [-0.25, -0.2) is 0 Å². The quantitative estimate of drug-likeness (QED) is 0.876. The SMILES string of the molecule is COc1cccc(CCNC(=O)c2cccc3c2OC(C)C(=O)N3)c1. The van der Waals surface area contributed by atoms with E-state index < -0.39 is 6.10 Å². The van der Waals surface area contributed by atoms with Crippen molar-refractivity contribution in [2.75, 3.05) is 19.0 Å². The molecule has 1 unspecified atom stereocenters. The Morgan fingerprint density at radius 1 is 1.28 bits per heavy atom. The van der Waals surface area contributed by atoms with Crippen LogP contribution in [0.5, 0.6) is 11.5 Å². The molecule has 0 aliphatic carbocycles. The Labute approximate surface area is 146 Å². The molecule has 2 amide bonds. The number of hydrogen-bond acceptors (Lipinski definition) is 4. The van der Waals surface area contributed by atoms with Gasteiger partial charge >= 0.3 is 0 Å². The molecule has 2 N–H and O–H groups in total. The molecule has 1 aliphatic rings. The maximum absolute atomic E-state index is 12.5. The molecule has 6 heteroatoms. The van der Waals surface area contributed by atoms with E-state index in [1.807, 2.05) is 24.3 Å². The number of methoxy groups -OCH3 is 1. The first-order valence-electron chi connectivity index (χ1n) is 8.10. The summed E-state index contributed by atoms with van der Waals surface area (Å²) >= 11 is 0. The molecule has 1 atom stereocenters. The number of ether oxygens (including phenoxy) is 2. The third-order valence-electron chi connectivity index (χ3n) is 4.01. The van der Waals surface area contributed by atoms with Gasteiger partial charge in [0.2, 0.25) is 0 Å². The summed E-state index contributed by atoms with van der Waals surface area (Å²) in [6, 6.07) is 12.8. The van der Waals surface area contributed by atoms with Gasteiger partial charge in [0.1, 0.15) is 5.75 Å². The molecule has 0 spiro atoms. The minimum Gasteiger partial charge on any atom is -0.497 e. The van der Waals surface area contributed by atoms with E-state index in [-0.39, 0.29) is 11.8 Å². The summed E-state index contributed by atoms with van der Waals surface area (Å²) in [4.78, 5) is 24.2. The predicted octanol–water partition coefficient (Wildman–Crippen LogP) is 2.39. The zero-order valence-corrected chi connectivity index (χ0v) is 14.2. The van der Waals surface area contributed by atoms with Crippen molar-refractivity contribution in [3.05, 3.63) is 53.6 Å². The molecule has 25 heavy (non-hydrogen) atoms. The summed E-state index contributed by atoms with van der Waals surface area (Å²) in [5.74, 6) is 0.749. The van der Waals surface area contributed by atoms with Gasteiger partial charge in [0.15, 0.2) is 11.9 Å². The van der Waals surface area contributed by atoms with Gasteiger partial charge in [-0.1, -0.05) is 18.2 Å². The molecular weight excluding hydrogens is 320 g/mol. The Hall–Kier alpha value is -3.02. The second-order valence-electron chi connectivity index (χ2n) is 5.79. The highest BCUT2D eigenvalue weighted by Crippen LogP contribution is 2.33. The fraction of sp³-hybridized carbons (Fsp3) is 0.263. The minimum atomic E-state index is -0.627. The van der Waals surface area contributed by atoms with E-state index in [4.69, 9.17) is 9.47 Å². The number of benzene rings is 2. The van der Waals surface area contributed by atoms with Crippen molar-refractivity contribution in [1.82, 2.24) is 5.32 Å². The third kappa shape index (κ3) is 3.74. The van der Waals surface area contributed by atoms with Crippen molar-refractivity contribution < 1.29 is 19.1 Å². The number of fused-ring (bicyclic) bond motifs is 1. The maximum Gasteiger partial charge on any atom is 0.265 e. The van der Waals surface area contributed by atoms with E-state index in [0.29, 0.717) is 30.0 Å². The van der Waals surface area contributed by atoms with Gasteiger partial charge in [-0.15, -0.1) is 0 Å². The minimum absolute atomic E-state index is 0.219. The fourth-order valence-corrected chi connectivity index (χ4v) is 2.65. The van der Waals surface area contributed by atoms with Crippen LogP contribution in [0.2, 0.25) is 0 Å². The number of carbonyl (C=O) groups excluding carboxylic acids is 2. The van der Waals surface area contributed by atoms with Gasteiger partial charge in [0.05, 0.1) is 18.4 Å². The molecular formula is C19H20N2O4. The summed E-state index contributed by atoms with van der Waals surface area (Å²) in [6.45, 7) is 2.13. The summed E-state index contributed by atoms with van der Waals surface area (Å²) in [6.07, 6.45) is 0.0598. The highest BCUT2D eigenvalue weighted by molar-refractivity contribution is 6.03. The van der Waals surface area contributed by atoms with Crippen LogP contribution in [-0.4, -0.2) is 31.6 Å². The van der Waals surface area contributed by atoms with E-state index in [2.05, 4.69) is 10.6 Å². The number of amides is 2. The van der Waals surface area contributed by atoms with Gasteiger partial charge < -0.3 is 20.1 Å². The van der Waals surface area contributed by atoms with Gasteiger partial charge in [0, 0.05) is 6.54 Å². The Balaban J connectivity index is 1.66. The largest absolute Gasteiger partial charge is 0.497 e. The van der Waals surface area contributed by atoms with Crippen molar-refractivity contribution in [3.8, 4) is 11.5 Å². The van der Waals surface area contributed by atoms with Crippen LogP contribution < -0.4 is 20.1 Å². The van der Waals surface area contributed by atoms with Crippen LogP contribution in [-0.2, 0) is 11.2 Å². The first kappa shape index (κ1) is 16.8. The van der Waals surface area contributed by atoms with Gasteiger partial charge in [0.25, 0.3) is 11.8 Å². The van der Waals surface area contributed by atoms with Crippen LogP contribution in [0, 0.1) is 0 Å². The Morgan fingerprint density at radius 2 is 2.08 bits per heavy atom. The van der Waals surface area contributed by atoms with E-state index in [9.17, 15) is 9.59 Å². The summed E-state index contributed by atoms with van der Waals surface area (Å²) in [5.41, 5.74) is 2.01. The Bertz CT molecular complexity index is 804. The van der Waals surface area contributed by atoms with E-state index in [1.165, 1.54) is 0 Å². The molecule has 3 rings (SSSR count). The van der Waals surface area contributed by atoms with Crippen molar-refractivity contribution >= 4 is 17.5 Å². The molecule has 0 radical (unpaired) electrons. The fourth-order valence-electron chi connectivity index (χ4n) is 2.65. The van der Waals surface area contributed by atoms with Crippen molar-refractivity contribution in [3.63, 3.8) is 0 Å². The van der Waals surface area contributed by atoms with Crippen LogP contribution in [0.3, 0.4) is 0 Å². The van der Waals surface area contributed by atoms with E-state index >= 15 is 0 Å². The van der Waals surface area contributed by atoms with Gasteiger partial charge in [-0.3, -0.25) is 9.59 Å². The molecule has 1 aliphatic heterocycles. The average Bonchev–Trinajstić information content (AvgIpc) is 2.62. The zero-order valence-electron chi connectivity index (χ0n) is 14.2. The lowest BCUT2D eigenvalue weighted by Gasteiger charge is -2.25. The molecule has 130 valence electrons. The van der Waals surface area contributed by atoms with E-state index in [0.717, 1.165) is 11.3 Å². The molecule has 2 aromatic rings. The molecule has 0 aromatic heterocycles. The Morgan fingerprint density at radius 3 is 2.88 bits per heavy atom. The highest BCUT2D eigenvalue weighted by atomic mass is 16.5. The van der Waals surface area contributed by atoms with Gasteiger partial charge in [-0.2, -0.15) is 0 Å². The molecule has 1 heterocycles. The second kappa shape index (κ2) is 7.25. The van der Waals surface area contributed by atoms with Crippen LogP contribution in [0.1, 0.15) is 22.8 Å². The van der Waals surface area contributed by atoms with E-state index in [1.54, 1.807) is 32.2 Å². The summed E-state index contributed by atoms with van der Waals surface area (Å²) in [7, 11) is 1.62. The smallest absolute Gasteiger partial charge is 0.265 e. The van der Waals surface area contributed by atoms with Crippen LogP contribution in [0.15, 0.2) is 42.5 Å². The average molecular weight is 340 g/mol. The maximum atomic E-state index is 12.5. The van der Waals surface area contributed by atoms with Crippen LogP contribution >= 0.6 is 0 Å². The highest BCUT2D eigenvalue weighted by Gasteiger charge is 2.27. The topological polar surface area (TPSA) is 76.7 Å². The number of nitrogens with one attached hydrogen (secondary N) is 2. The molecule has 0 saturated carbocycles. The lowest BCUT2D eigenvalue weighted by molar-refractivity contribution is -0.122. The zero-order chi connectivity index (χ0) is 17.8. The first-order valence-corrected chi connectivity index (χ1v) is 8.10. The number of hydrogen-bond donors (Lipinski definition) is 2. The second-order valence-corrected chi connectivity index (χ2v) is 5.79. The van der Waals surface area contributed by atoms with Gasteiger partial charge in [-0.05, 0) is 43.2 Å². The first-order chi connectivity index (χ1) is 12.1. The third-order valence-corrected chi connectivity index (χ3v) is 4.01. The molecule has 0 saturated heterocycles. The van der Waals surface area contributed by atoms with Crippen LogP contribution in [0.4, 0.5) is 5.69 Å².